The van der Waals surface area contributed by atoms with Crippen LogP contribution in [0.15, 0.2) is 22.3 Å². The second-order valence-electron chi connectivity index (χ2n) is 9.17. The average Bonchev–Trinajstić information content (AvgIpc) is 3.05. The first-order chi connectivity index (χ1) is 10.6. The standard InChI is InChI=1S/C12H22.C11H20/c1-9(2)11-7-6-8-12(11,5)10(3)4;1-8(2)10-6-5-7-11(10)9(3)4/h10H,6-8H2,1-5H3;8,10H,5-7H2,1-4H3/t12-;10-/m00/s1. The Morgan fingerprint density at radius 1 is 0.913 bits per heavy atom. The molecule has 0 aromatic rings. The fourth-order valence-electron chi connectivity index (χ4n) is 4.76. The molecule has 0 aromatic carbocycles. The molecule has 2 aliphatic carbocycles. The maximum Gasteiger partial charge on any atom is -0.00908 e. The van der Waals surface area contributed by atoms with Crippen molar-refractivity contribution in [3.05, 3.63) is 22.3 Å². The summed E-state index contributed by atoms with van der Waals surface area (Å²) in [6.45, 7) is 20.9. The third-order valence-corrected chi connectivity index (χ3v) is 6.55. The zero-order valence-electron chi connectivity index (χ0n) is 17.5. The van der Waals surface area contributed by atoms with Gasteiger partial charge < -0.3 is 0 Å². The van der Waals surface area contributed by atoms with E-state index in [0.717, 1.165) is 17.8 Å². The molecule has 0 nitrogen and oxygen atoms in total. The predicted molar refractivity (Wildman–Crippen MR) is 106 cm³/mol. The number of allylic oxidation sites excluding steroid dienone is 4. The third kappa shape index (κ3) is 4.97. The first kappa shape index (κ1) is 20.5. The highest BCUT2D eigenvalue weighted by Gasteiger charge is 2.36. The predicted octanol–water partition coefficient (Wildman–Crippen LogP) is 7.95. The van der Waals surface area contributed by atoms with Crippen molar-refractivity contribution in [2.45, 2.75) is 101 Å². The Kier molecular flexibility index (Phi) is 7.62. The highest BCUT2D eigenvalue weighted by Crippen LogP contribution is 2.49. The van der Waals surface area contributed by atoms with Crippen LogP contribution in [0.4, 0.5) is 0 Å². The van der Waals surface area contributed by atoms with Gasteiger partial charge in [0.25, 0.3) is 0 Å². The van der Waals surface area contributed by atoms with Crippen molar-refractivity contribution in [2.75, 3.05) is 0 Å². The van der Waals surface area contributed by atoms with E-state index in [2.05, 4.69) is 62.3 Å². The van der Waals surface area contributed by atoms with Gasteiger partial charge in [-0.05, 0) is 89.4 Å². The van der Waals surface area contributed by atoms with Crippen LogP contribution in [0.2, 0.25) is 0 Å². The molecule has 23 heavy (non-hydrogen) atoms. The molecular weight excluding hydrogens is 276 g/mol. The fourth-order valence-corrected chi connectivity index (χ4v) is 4.76. The summed E-state index contributed by atoms with van der Waals surface area (Å²) in [6, 6.07) is 0. The summed E-state index contributed by atoms with van der Waals surface area (Å²) < 4.78 is 0. The largest absolute Gasteiger partial charge is 0.0769 e. The van der Waals surface area contributed by atoms with Gasteiger partial charge in [0.05, 0.1) is 0 Å². The second kappa shape index (κ2) is 8.54. The van der Waals surface area contributed by atoms with Gasteiger partial charge in [-0.2, -0.15) is 0 Å². The summed E-state index contributed by atoms with van der Waals surface area (Å²) in [7, 11) is 0. The molecule has 0 heteroatoms. The van der Waals surface area contributed by atoms with E-state index in [9.17, 15) is 0 Å². The number of hydrogen-bond donors (Lipinski definition) is 0. The van der Waals surface area contributed by atoms with Gasteiger partial charge in [0, 0.05) is 0 Å². The summed E-state index contributed by atoms with van der Waals surface area (Å²) in [4.78, 5) is 0. The molecule has 2 fully saturated rings. The van der Waals surface area contributed by atoms with Crippen LogP contribution in [-0.2, 0) is 0 Å². The van der Waals surface area contributed by atoms with Crippen LogP contribution in [-0.4, -0.2) is 0 Å². The van der Waals surface area contributed by atoms with E-state index in [0.29, 0.717) is 5.41 Å². The van der Waals surface area contributed by atoms with Crippen LogP contribution in [0, 0.1) is 23.2 Å². The van der Waals surface area contributed by atoms with Gasteiger partial charge in [0.1, 0.15) is 0 Å². The summed E-state index contributed by atoms with van der Waals surface area (Å²) in [6.07, 6.45) is 8.35. The monoisotopic (exact) mass is 318 g/mol. The van der Waals surface area contributed by atoms with E-state index < -0.39 is 0 Å². The molecule has 0 N–H and O–H groups in total. The van der Waals surface area contributed by atoms with Gasteiger partial charge in [-0.25, -0.2) is 0 Å². The van der Waals surface area contributed by atoms with Gasteiger partial charge in [0.2, 0.25) is 0 Å². The first-order valence-corrected chi connectivity index (χ1v) is 9.94. The Bertz CT molecular complexity index is 439. The molecule has 134 valence electrons. The molecule has 0 heterocycles. The molecule has 2 rings (SSSR count). The molecule has 2 saturated carbocycles. The minimum Gasteiger partial charge on any atom is -0.0769 e. The highest BCUT2D eigenvalue weighted by molar-refractivity contribution is 5.23. The molecule has 0 amide bonds. The van der Waals surface area contributed by atoms with Gasteiger partial charge in [-0.1, -0.05) is 56.9 Å². The van der Waals surface area contributed by atoms with Crippen molar-refractivity contribution in [2.24, 2.45) is 23.2 Å². The Morgan fingerprint density at radius 2 is 1.52 bits per heavy atom. The van der Waals surface area contributed by atoms with E-state index in [4.69, 9.17) is 0 Å². The quantitative estimate of drug-likeness (QED) is 0.453. The Morgan fingerprint density at radius 3 is 1.87 bits per heavy atom. The molecule has 0 aromatic heterocycles. The molecule has 0 spiro atoms. The molecule has 2 atom stereocenters. The molecule has 0 aliphatic heterocycles. The van der Waals surface area contributed by atoms with E-state index in [1.54, 1.807) is 22.3 Å². The van der Waals surface area contributed by atoms with Crippen LogP contribution in [0.5, 0.6) is 0 Å². The molecule has 0 unspecified atom stereocenters. The molecular formula is C23H42. The summed E-state index contributed by atoms with van der Waals surface area (Å²) in [5.41, 5.74) is 7.13. The summed E-state index contributed by atoms with van der Waals surface area (Å²) in [5.74, 6) is 2.55. The van der Waals surface area contributed by atoms with Crippen molar-refractivity contribution in [1.82, 2.24) is 0 Å². The smallest absolute Gasteiger partial charge is 0.00908 e. The number of hydrogen-bond acceptors (Lipinski definition) is 0. The maximum absolute atomic E-state index is 2.44. The van der Waals surface area contributed by atoms with Gasteiger partial charge in [-0.15, -0.1) is 0 Å². The lowest BCUT2D eigenvalue weighted by atomic mass is 9.73. The second-order valence-corrected chi connectivity index (χ2v) is 9.17. The maximum atomic E-state index is 2.44. The zero-order chi connectivity index (χ0) is 17.8. The Labute approximate surface area is 146 Å². The summed E-state index contributed by atoms with van der Waals surface area (Å²) >= 11 is 0. The van der Waals surface area contributed by atoms with Crippen LogP contribution in [0.3, 0.4) is 0 Å². The van der Waals surface area contributed by atoms with Gasteiger partial charge >= 0.3 is 0 Å². The van der Waals surface area contributed by atoms with Crippen LogP contribution < -0.4 is 0 Å². The SMILES string of the molecule is CC(C)=C1CCC[C@@]1(C)C(C)C.CC(C)=C1CCC[C@H]1C(C)C. The van der Waals surface area contributed by atoms with Crippen LogP contribution in [0.1, 0.15) is 101 Å². The first-order valence-electron chi connectivity index (χ1n) is 9.94. The van der Waals surface area contributed by atoms with Crippen molar-refractivity contribution in [3.8, 4) is 0 Å². The van der Waals surface area contributed by atoms with Gasteiger partial charge in [0.15, 0.2) is 0 Å². The lowest BCUT2D eigenvalue weighted by Gasteiger charge is -2.32. The van der Waals surface area contributed by atoms with E-state index in [-0.39, 0.29) is 0 Å². The Balaban J connectivity index is 0.000000231. The van der Waals surface area contributed by atoms with E-state index >= 15 is 0 Å². The Hall–Kier alpha value is -0.520. The van der Waals surface area contributed by atoms with Crippen molar-refractivity contribution >= 4 is 0 Å². The van der Waals surface area contributed by atoms with E-state index in [1.807, 2.05) is 0 Å². The van der Waals surface area contributed by atoms with E-state index in [1.165, 1.54) is 38.5 Å². The topological polar surface area (TPSA) is 0 Å². The van der Waals surface area contributed by atoms with Crippen LogP contribution >= 0.6 is 0 Å². The molecule has 2 aliphatic rings. The third-order valence-electron chi connectivity index (χ3n) is 6.55. The van der Waals surface area contributed by atoms with Crippen molar-refractivity contribution in [3.63, 3.8) is 0 Å². The lowest BCUT2D eigenvalue weighted by Crippen LogP contribution is -2.21. The minimum atomic E-state index is 0.513. The zero-order valence-corrected chi connectivity index (χ0v) is 17.5. The lowest BCUT2D eigenvalue weighted by molar-refractivity contribution is 0.283. The summed E-state index contributed by atoms with van der Waals surface area (Å²) in [5, 5.41) is 0. The minimum absolute atomic E-state index is 0.513. The average molecular weight is 319 g/mol. The normalized spacial score (nSPS) is 27.5. The number of rotatable bonds is 2. The van der Waals surface area contributed by atoms with Gasteiger partial charge in [-0.3, -0.25) is 0 Å². The van der Waals surface area contributed by atoms with Crippen molar-refractivity contribution < 1.29 is 0 Å². The van der Waals surface area contributed by atoms with Crippen LogP contribution in [0.25, 0.3) is 0 Å². The highest BCUT2D eigenvalue weighted by atomic mass is 14.4. The molecule has 0 radical (unpaired) electrons. The molecule has 0 saturated heterocycles. The fraction of sp³-hybridized carbons (Fsp3) is 0.826. The van der Waals surface area contributed by atoms with Crippen molar-refractivity contribution in [1.29, 1.82) is 0 Å². The molecule has 0 bridgehead atoms.